The number of halogens is 2. The van der Waals surface area contributed by atoms with Crippen LogP contribution in [0, 0.1) is 5.92 Å². The molecule has 1 aliphatic rings. The molecule has 0 aliphatic heterocycles. The van der Waals surface area contributed by atoms with Crippen molar-refractivity contribution in [3.05, 3.63) is 29.8 Å². The number of alkyl halides is 2. The molecule has 1 saturated carbocycles. The highest BCUT2D eigenvalue weighted by Gasteiger charge is 2.52. The first-order valence-electron chi connectivity index (χ1n) is 8.53. The van der Waals surface area contributed by atoms with E-state index in [0.29, 0.717) is 5.75 Å². The van der Waals surface area contributed by atoms with Gasteiger partial charge in [-0.15, -0.1) is 23.2 Å². The first-order chi connectivity index (χ1) is 12.0. The van der Waals surface area contributed by atoms with Crippen LogP contribution < -0.4 is 10.1 Å². The highest BCUT2D eigenvalue weighted by molar-refractivity contribution is 6.51. The van der Waals surface area contributed by atoms with E-state index in [0.717, 1.165) is 12.0 Å². The third kappa shape index (κ3) is 4.83. The molecule has 0 radical (unpaired) electrons. The molecule has 1 aromatic carbocycles. The van der Waals surface area contributed by atoms with Gasteiger partial charge in [-0.25, -0.2) is 4.79 Å². The topological polar surface area (TPSA) is 64.6 Å². The minimum absolute atomic E-state index is 0.105. The SMILES string of the molecule is COC(=O)[C@H](NC(=O)C(C)(C)Oc1ccc([C@H]2CC2(Cl)Cl)cc1)C(C)C. The molecule has 7 heteroatoms. The van der Waals surface area contributed by atoms with Crippen molar-refractivity contribution in [1.29, 1.82) is 0 Å². The molecule has 2 atom stereocenters. The summed E-state index contributed by atoms with van der Waals surface area (Å²) in [6.07, 6.45) is 0.730. The van der Waals surface area contributed by atoms with Crippen LogP contribution in [0.15, 0.2) is 24.3 Å². The van der Waals surface area contributed by atoms with E-state index in [1.54, 1.807) is 26.0 Å². The Hall–Kier alpha value is -1.46. The van der Waals surface area contributed by atoms with Gasteiger partial charge in [0.25, 0.3) is 5.91 Å². The van der Waals surface area contributed by atoms with Crippen LogP contribution in [0.3, 0.4) is 0 Å². The van der Waals surface area contributed by atoms with E-state index in [2.05, 4.69) is 5.32 Å². The van der Waals surface area contributed by atoms with Crippen LogP contribution >= 0.6 is 23.2 Å². The van der Waals surface area contributed by atoms with E-state index in [1.165, 1.54) is 7.11 Å². The molecule has 0 bridgehead atoms. The van der Waals surface area contributed by atoms with Gasteiger partial charge in [-0.1, -0.05) is 26.0 Å². The number of hydrogen-bond acceptors (Lipinski definition) is 4. The second-order valence-corrected chi connectivity index (χ2v) is 8.96. The molecular formula is C19H25Cl2NO4. The lowest BCUT2D eigenvalue weighted by molar-refractivity contribution is -0.148. The largest absolute Gasteiger partial charge is 0.478 e. The van der Waals surface area contributed by atoms with Crippen molar-refractivity contribution >= 4 is 35.1 Å². The van der Waals surface area contributed by atoms with Crippen molar-refractivity contribution in [3.8, 4) is 5.75 Å². The van der Waals surface area contributed by atoms with Gasteiger partial charge in [-0.3, -0.25) is 4.79 Å². The van der Waals surface area contributed by atoms with Gasteiger partial charge in [0.1, 0.15) is 16.1 Å². The number of ether oxygens (including phenoxy) is 2. The van der Waals surface area contributed by atoms with Crippen LogP contribution in [-0.2, 0) is 14.3 Å². The lowest BCUT2D eigenvalue weighted by Crippen LogP contribution is -2.54. The third-order valence-corrected chi connectivity index (χ3v) is 5.27. The number of esters is 1. The molecule has 1 amide bonds. The van der Waals surface area contributed by atoms with E-state index in [-0.39, 0.29) is 11.8 Å². The lowest BCUT2D eigenvalue weighted by Gasteiger charge is -2.28. The smallest absolute Gasteiger partial charge is 0.328 e. The second-order valence-electron chi connectivity index (χ2n) is 7.42. The zero-order chi connectivity index (χ0) is 19.7. The summed E-state index contributed by atoms with van der Waals surface area (Å²) in [5, 5.41) is 2.70. The molecular weight excluding hydrogens is 377 g/mol. The van der Waals surface area contributed by atoms with Crippen molar-refractivity contribution in [2.24, 2.45) is 5.92 Å². The average molecular weight is 402 g/mol. The molecule has 5 nitrogen and oxygen atoms in total. The predicted octanol–water partition coefficient (Wildman–Crippen LogP) is 3.82. The number of carbonyl (C=O) groups excluding carboxylic acids is 2. The number of amides is 1. The number of rotatable bonds is 7. The predicted molar refractivity (Wildman–Crippen MR) is 102 cm³/mol. The minimum Gasteiger partial charge on any atom is -0.478 e. The molecule has 0 spiro atoms. The Balaban J connectivity index is 2.02. The number of nitrogens with one attached hydrogen (secondary N) is 1. The molecule has 2 rings (SSSR count). The Labute approximate surface area is 164 Å². The average Bonchev–Trinajstić information content (AvgIpc) is 3.20. The van der Waals surface area contributed by atoms with E-state index in [4.69, 9.17) is 32.7 Å². The maximum atomic E-state index is 12.6. The monoisotopic (exact) mass is 401 g/mol. The van der Waals surface area contributed by atoms with Gasteiger partial charge in [0.15, 0.2) is 5.60 Å². The molecule has 1 aliphatic carbocycles. The first kappa shape index (κ1) is 20.8. The summed E-state index contributed by atoms with van der Waals surface area (Å²) in [7, 11) is 1.29. The molecule has 1 N–H and O–H groups in total. The second kappa shape index (κ2) is 7.65. The Morgan fingerprint density at radius 3 is 2.19 bits per heavy atom. The zero-order valence-electron chi connectivity index (χ0n) is 15.6. The molecule has 0 unspecified atom stereocenters. The summed E-state index contributed by atoms with van der Waals surface area (Å²) >= 11 is 12.2. The van der Waals surface area contributed by atoms with E-state index in [1.807, 2.05) is 26.0 Å². The zero-order valence-corrected chi connectivity index (χ0v) is 17.1. The molecule has 144 valence electrons. The summed E-state index contributed by atoms with van der Waals surface area (Å²) in [5.74, 6) is -0.310. The van der Waals surface area contributed by atoms with Crippen LogP contribution in [0.1, 0.15) is 45.6 Å². The molecule has 0 saturated heterocycles. The van der Waals surface area contributed by atoms with Gasteiger partial charge in [-0.2, -0.15) is 0 Å². The molecule has 26 heavy (non-hydrogen) atoms. The summed E-state index contributed by atoms with van der Waals surface area (Å²) in [6.45, 7) is 6.96. The first-order valence-corrected chi connectivity index (χ1v) is 9.29. The number of benzene rings is 1. The van der Waals surface area contributed by atoms with Gasteiger partial charge in [0, 0.05) is 5.92 Å². The Morgan fingerprint density at radius 1 is 1.23 bits per heavy atom. The van der Waals surface area contributed by atoms with Crippen LogP contribution in [0.2, 0.25) is 0 Å². The minimum atomic E-state index is -1.16. The van der Waals surface area contributed by atoms with Gasteiger partial charge >= 0.3 is 5.97 Å². The number of carbonyl (C=O) groups is 2. The highest BCUT2D eigenvalue weighted by atomic mass is 35.5. The Bertz CT molecular complexity index is 671. The summed E-state index contributed by atoms with van der Waals surface area (Å²) in [5.41, 5.74) is -0.125. The van der Waals surface area contributed by atoms with Crippen LogP contribution in [0.25, 0.3) is 0 Å². The summed E-state index contributed by atoms with van der Waals surface area (Å²) in [6, 6.07) is 6.63. The fourth-order valence-electron chi connectivity index (χ4n) is 2.62. The fraction of sp³-hybridized carbons (Fsp3) is 0.579. The maximum absolute atomic E-state index is 12.6. The highest BCUT2D eigenvalue weighted by Crippen LogP contribution is 2.59. The van der Waals surface area contributed by atoms with E-state index < -0.39 is 27.9 Å². The van der Waals surface area contributed by atoms with Crippen molar-refractivity contribution in [2.75, 3.05) is 7.11 Å². The van der Waals surface area contributed by atoms with Crippen molar-refractivity contribution < 1.29 is 19.1 Å². The number of methoxy groups -OCH3 is 1. The van der Waals surface area contributed by atoms with Gasteiger partial charge in [-0.05, 0) is 43.9 Å². The van der Waals surface area contributed by atoms with Crippen molar-refractivity contribution in [3.63, 3.8) is 0 Å². The summed E-state index contributed by atoms with van der Waals surface area (Å²) in [4.78, 5) is 24.4. The van der Waals surface area contributed by atoms with Gasteiger partial charge in [0.05, 0.1) is 7.11 Å². The lowest BCUT2D eigenvalue weighted by atomic mass is 10.0. The van der Waals surface area contributed by atoms with Crippen LogP contribution in [0.4, 0.5) is 0 Å². The maximum Gasteiger partial charge on any atom is 0.328 e. The normalized spacial score (nSPS) is 19.6. The van der Waals surface area contributed by atoms with Crippen LogP contribution in [0.5, 0.6) is 5.75 Å². The van der Waals surface area contributed by atoms with Crippen molar-refractivity contribution in [1.82, 2.24) is 5.32 Å². The summed E-state index contributed by atoms with van der Waals surface area (Å²) < 4.78 is 9.90. The Morgan fingerprint density at radius 2 is 1.77 bits per heavy atom. The van der Waals surface area contributed by atoms with E-state index >= 15 is 0 Å². The van der Waals surface area contributed by atoms with Gasteiger partial charge < -0.3 is 14.8 Å². The standard InChI is InChI=1S/C19H25Cl2NO4/c1-11(2)15(16(23)25-5)22-17(24)18(3,4)26-13-8-6-12(7-9-13)14-10-19(14,20)21/h6-9,11,14-15H,10H2,1-5H3,(H,22,24)/t14-,15-/m1/s1. The Kier molecular flexibility index (Phi) is 6.13. The molecule has 0 aromatic heterocycles. The van der Waals surface area contributed by atoms with Gasteiger partial charge in [0.2, 0.25) is 0 Å². The van der Waals surface area contributed by atoms with Crippen molar-refractivity contribution in [2.45, 2.75) is 56.0 Å². The quantitative estimate of drug-likeness (QED) is 0.556. The number of hydrogen-bond donors (Lipinski definition) is 1. The third-order valence-electron chi connectivity index (χ3n) is 4.44. The molecule has 0 heterocycles. The fourth-order valence-corrected chi connectivity index (χ4v) is 3.18. The van der Waals surface area contributed by atoms with Crippen LogP contribution in [-0.4, -0.2) is 35.0 Å². The molecule has 1 fully saturated rings. The van der Waals surface area contributed by atoms with E-state index in [9.17, 15) is 9.59 Å². The molecule has 1 aromatic rings.